The molecule has 4 heteroatoms. The van der Waals surface area contributed by atoms with Gasteiger partial charge in [-0.25, -0.2) is 0 Å². The molecule has 0 bridgehead atoms. The maximum Gasteiger partial charge on any atom is 0.158 e. The van der Waals surface area contributed by atoms with E-state index in [9.17, 15) is 0 Å². The lowest BCUT2D eigenvalue weighted by molar-refractivity contribution is 0.256. The van der Waals surface area contributed by atoms with Crippen molar-refractivity contribution in [1.29, 1.82) is 0 Å². The van der Waals surface area contributed by atoms with E-state index in [4.69, 9.17) is 0 Å². The van der Waals surface area contributed by atoms with E-state index in [1.165, 1.54) is 66.3 Å². The molecule has 7 aromatic carbocycles. The first-order chi connectivity index (χ1) is 24.8. The molecule has 4 nitrogen and oxygen atoms in total. The minimum absolute atomic E-state index is 0.0605. The summed E-state index contributed by atoms with van der Waals surface area (Å²) in [5.74, 6) is 0. The summed E-state index contributed by atoms with van der Waals surface area (Å²) in [5, 5.41) is 11.6. The zero-order valence-corrected chi connectivity index (χ0v) is 27.4. The maximum atomic E-state index is 4.04. The molecular formula is C46H34N4. The first-order valence-corrected chi connectivity index (χ1v) is 17.5. The van der Waals surface area contributed by atoms with E-state index < -0.39 is 5.41 Å². The summed E-state index contributed by atoms with van der Waals surface area (Å²) in [6, 6.07) is 67.0. The Kier molecular flexibility index (Phi) is 5.96. The third kappa shape index (κ3) is 3.75. The second-order valence-corrected chi connectivity index (χ2v) is 13.7. The first kappa shape index (κ1) is 28.1. The SMILES string of the molecule is c1ccc(C2NC(n3c4ccccc4c4cc(C5(c6ccccc6)c6ccccc6-c6ccccc65)ccc43)[N@@]3C(c4ccccc4)N23)cc1. The fourth-order valence-electron chi connectivity index (χ4n) is 9.25. The van der Waals surface area contributed by atoms with Crippen LogP contribution in [-0.2, 0) is 5.41 Å². The van der Waals surface area contributed by atoms with E-state index in [-0.39, 0.29) is 18.6 Å². The Morgan fingerprint density at radius 1 is 0.440 bits per heavy atom. The minimum atomic E-state index is -0.439. The van der Waals surface area contributed by atoms with Gasteiger partial charge in [0.1, 0.15) is 12.3 Å². The molecule has 0 radical (unpaired) electrons. The molecule has 0 saturated carbocycles. The van der Waals surface area contributed by atoms with Crippen molar-refractivity contribution in [2.45, 2.75) is 24.0 Å². The second kappa shape index (κ2) is 10.6. The van der Waals surface area contributed by atoms with Gasteiger partial charge in [0.25, 0.3) is 0 Å². The third-order valence-corrected chi connectivity index (χ3v) is 11.3. The number of hydrogen-bond donors (Lipinski definition) is 1. The summed E-state index contributed by atoms with van der Waals surface area (Å²) in [6.07, 6.45) is 0.195. The number of benzene rings is 7. The number of hydrogen-bond acceptors (Lipinski definition) is 3. The molecule has 8 aromatic rings. The van der Waals surface area contributed by atoms with Crippen LogP contribution in [0, 0.1) is 0 Å². The van der Waals surface area contributed by atoms with Gasteiger partial charge in [0, 0.05) is 10.8 Å². The Hall–Kier alpha value is -5.78. The van der Waals surface area contributed by atoms with Crippen molar-refractivity contribution in [3.63, 3.8) is 0 Å². The number of fused-ring (bicyclic) bond motifs is 7. The van der Waals surface area contributed by atoms with Crippen LogP contribution in [0.4, 0.5) is 0 Å². The van der Waals surface area contributed by atoms with Crippen LogP contribution in [-0.4, -0.2) is 14.6 Å². The molecule has 238 valence electrons. The van der Waals surface area contributed by atoms with Crippen molar-refractivity contribution in [1.82, 2.24) is 19.9 Å². The van der Waals surface area contributed by atoms with E-state index in [2.05, 4.69) is 202 Å². The van der Waals surface area contributed by atoms with E-state index >= 15 is 0 Å². The predicted molar refractivity (Wildman–Crippen MR) is 201 cm³/mol. The molecule has 1 aliphatic carbocycles. The van der Waals surface area contributed by atoms with Crippen LogP contribution >= 0.6 is 0 Å². The zero-order chi connectivity index (χ0) is 32.8. The highest BCUT2D eigenvalue weighted by atomic mass is 16.0. The maximum absolute atomic E-state index is 4.04. The molecule has 5 atom stereocenters. The van der Waals surface area contributed by atoms with Gasteiger partial charge in [-0.05, 0) is 62.7 Å². The van der Waals surface area contributed by atoms with Gasteiger partial charge >= 0.3 is 0 Å². The van der Waals surface area contributed by atoms with Crippen molar-refractivity contribution >= 4 is 21.8 Å². The van der Waals surface area contributed by atoms with Gasteiger partial charge in [0.2, 0.25) is 0 Å². The number of rotatable bonds is 5. The van der Waals surface area contributed by atoms with Crippen LogP contribution in [0.2, 0.25) is 0 Å². The van der Waals surface area contributed by atoms with Gasteiger partial charge in [0.15, 0.2) is 6.29 Å². The highest BCUT2D eigenvalue weighted by Crippen LogP contribution is 2.58. The standard InChI is InChI=1S/C46H34N4/c1-4-16-31(17-5-1)43-47-45(50-44(49(43)50)32-18-6-2-7-19-32)48-41-27-15-12-24-37(41)38-30-34(28-29-42(38)48)46(33-20-8-3-9-21-33)39-25-13-10-22-35(39)36-23-11-14-26-40(36)46/h1-30,43-45,47H/t43?,44?,45?,49?,50-/m1/s1. The Balaban J connectivity index is 1.14. The van der Waals surface area contributed by atoms with Crippen LogP contribution in [0.15, 0.2) is 182 Å². The normalized spacial score (nSPS) is 22.7. The number of nitrogens with one attached hydrogen (secondary N) is 1. The lowest BCUT2D eigenvalue weighted by Gasteiger charge is -2.34. The smallest absolute Gasteiger partial charge is 0.158 e. The van der Waals surface area contributed by atoms with Crippen LogP contribution in [0.3, 0.4) is 0 Å². The summed E-state index contributed by atoms with van der Waals surface area (Å²) in [5.41, 5.74) is 12.5. The molecule has 0 spiro atoms. The van der Waals surface area contributed by atoms with Crippen LogP contribution in [0.25, 0.3) is 32.9 Å². The first-order valence-electron chi connectivity index (χ1n) is 17.5. The molecule has 50 heavy (non-hydrogen) atoms. The van der Waals surface area contributed by atoms with Crippen LogP contribution < -0.4 is 5.32 Å². The quantitative estimate of drug-likeness (QED) is 0.189. The van der Waals surface area contributed by atoms with Crippen molar-refractivity contribution in [2.75, 3.05) is 0 Å². The Bertz CT molecular complexity index is 2510. The summed E-state index contributed by atoms with van der Waals surface area (Å²) < 4.78 is 2.53. The number of hydrazine groups is 1. The lowest BCUT2D eigenvalue weighted by atomic mass is 9.67. The Morgan fingerprint density at radius 3 is 1.70 bits per heavy atom. The van der Waals surface area contributed by atoms with Crippen molar-refractivity contribution < 1.29 is 0 Å². The molecule has 3 aliphatic rings. The number of nitrogens with zero attached hydrogens (tertiary/aromatic N) is 3. The molecule has 2 saturated heterocycles. The monoisotopic (exact) mass is 642 g/mol. The fraction of sp³-hybridized carbons (Fsp3) is 0.0870. The van der Waals surface area contributed by atoms with Crippen molar-refractivity contribution in [3.8, 4) is 11.1 Å². The van der Waals surface area contributed by atoms with Gasteiger partial charge in [-0.2, -0.15) is 10.0 Å². The Morgan fingerprint density at radius 2 is 1.00 bits per heavy atom. The molecule has 2 aliphatic heterocycles. The predicted octanol–water partition coefficient (Wildman–Crippen LogP) is 10.1. The minimum Gasteiger partial charge on any atom is -0.310 e. The van der Waals surface area contributed by atoms with Gasteiger partial charge in [-0.1, -0.05) is 164 Å². The highest BCUT2D eigenvalue weighted by molar-refractivity contribution is 6.08. The van der Waals surface area contributed by atoms with Crippen LogP contribution in [0.1, 0.15) is 52.0 Å². The summed E-state index contributed by atoms with van der Waals surface area (Å²) >= 11 is 0. The van der Waals surface area contributed by atoms with Gasteiger partial charge in [-0.3, -0.25) is 5.32 Å². The van der Waals surface area contributed by atoms with Gasteiger partial charge in [-0.15, -0.1) is 0 Å². The second-order valence-electron chi connectivity index (χ2n) is 13.7. The van der Waals surface area contributed by atoms with E-state index in [1.54, 1.807) is 0 Å². The molecule has 3 heterocycles. The van der Waals surface area contributed by atoms with Crippen molar-refractivity contribution in [3.05, 3.63) is 215 Å². The molecular weight excluding hydrogens is 609 g/mol. The van der Waals surface area contributed by atoms with E-state index in [0.717, 1.165) is 0 Å². The number of para-hydroxylation sites is 1. The highest BCUT2D eigenvalue weighted by Gasteiger charge is 2.61. The molecule has 4 unspecified atom stereocenters. The molecule has 2 fully saturated rings. The lowest BCUT2D eigenvalue weighted by Crippen LogP contribution is -2.31. The van der Waals surface area contributed by atoms with E-state index in [1.807, 2.05) is 0 Å². The number of aromatic nitrogens is 1. The summed E-state index contributed by atoms with van der Waals surface area (Å²) in [7, 11) is 0. The van der Waals surface area contributed by atoms with Crippen LogP contribution in [0.5, 0.6) is 0 Å². The molecule has 1 N–H and O–H groups in total. The average Bonchev–Trinajstić information content (AvgIpc) is 3.50. The fourth-order valence-corrected chi connectivity index (χ4v) is 9.25. The third-order valence-electron chi connectivity index (χ3n) is 11.3. The average molecular weight is 643 g/mol. The Labute approximate surface area is 291 Å². The van der Waals surface area contributed by atoms with Gasteiger partial charge in [0.05, 0.1) is 16.4 Å². The van der Waals surface area contributed by atoms with E-state index in [0.29, 0.717) is 0 Å². The molecule has 11 rings (SSSR count). The largest absolute Gasteiger partial charge is 0.310 e. The van der Waals surface area contributed by atoms with Gasteiger partial charge < -0.3 is 4.57 Å². The summed E-state index contributed by atoms with van der Waals surface area (Å²) in [4.78, 5) is 0. The summed E-state index contributed by atoms with van der Waals surface area (Å²) in [6.45, 7) is 0. The molecule has 1 aromatic heterocycles. The zero-order valence-electron chi connectivity index (χ0n) is 27.4. The molecule has 0 amide bonds. The van der Waals surface area contributed by atoms with Crippen molar-refractivity contribution in [2.24, 2.45) is 0 Å². The topological polar surface area (TPSA) is 23.0 Å².